The van der Waals surface area contributed by atoms with Gasteiger partial charge < -0.3 is 14.8 Å². The van der Waals surface area contributed by atoms with Gasteiger partial charge in [0, 0.05) is 7.05 Å². The second-order valence-electron chi connectivity index (χ2n) is 7.58. The van der Waals surface area contributed by atoms with Crippen LogP contribution in [0, 0.1) is 0 Å². The Morgan fingerprint density at radius 2 is 1.62 bits per heavy atom. The molecule has 3 rings (SSSR count). The minimum absolute atomic E-state index is 0.0763. The Labute approximate surface area is 195 Å². The molecule has 0 aliphatic rings. The van der Waals surface area contributed by atoms with Gasteiger partial charge in [0.2, 0.25) is 5.91 Å². The first kappa shape index (κ1) is 24.8. The zero-order chi connectivity index (χ0) is 24.7. The first-order valence-electron chi connectivity index (χ1n) is 10.5. The van der Waals surface area contributed by atoms with Crippen molar-refractivity contribution in [3.8, 4) is 16.9 Å². The van der Waals surface area contributed by atoms with Gasteiger partial charge in [0.25, 0.3) is 0 Å². The van der Waals surface area contributed by atoms with Gasteiger partial charge in [-0.25, -0.2) is 0 Å². The Morgan fingerprint density at radius 1 is 0.941 bits per heavy atom. The van der Waals surface area contributed by atoms with Crippen LogP contribution in [0.4, 0.5) is 13.2 Å². The van der Waals surface area contributed by atoms with Gasteiger partial charge in [-0.2, -0.15) is 13.2 Å². The van der Waals surface area contributed by atoms with Gasteiger partial charge in [-0.3, -0.25) is 9.59 Å². The van der Waals surface area contributed by atoms with Crippen molar-refractivity contribution in [1.29, 1.82) is 0 Å². The first-order chi connectivity index (χ1) is 16.2. The third-order valence-electron chi connectivity index (χ3n) is 5.32. The van der Waals surface area contributed by atoms with Crippen molar-refractivity contribution in [2.75, 3.05) is 14.2 Å². The van der Waals surface area contributed by atoms with Crippen LogP contribution in [-0.2, 0) is 27.1 Å². The quantitative estimate of drug-likeness (QED) is 0.450. The SMILES string of the molecule is CNC(=O)[C@@H](CC(=O)OC)c1ccc(OCc2cccc(-c3ccc(C(F)(F)F)cc3)c2)cc1. The lowest BCUT2D eigenvalue weighted by molar-refractivity contribution is -0.142. The maximum Gasteiger partial charge on any atom is 0.416 e. The Balaban J connectivity index is 1.68. The molecule has 0 unspecified atom stereocenters. The van der Waals surface area contributed by atoms with E-state index in [9.17, 15) is 22.8 Å². The van der Waals surface area contributed by atoms with Gasteiger partial charge in [-0.15, -0.1) is 0 Å². The van der Waals surface area contributed by atoms with E-state index in [1.165, 1.54) is 26.3 Å². The molecule has 8 heteroatoms. The summed E-state index contributed by atoms with van der Waals surface area (Å²) in [5.41, 5.74) is 2.26. The summed E-state index contributed by atoms with van der Waals surface area (Å²) in [6, 6.07) is 19.2. The molecule has 1 N–H and O–H groups in total. The molecule has 0 aliphatic carbocycles. The lowest BCUT2D eigenvalue weighted by Gasteiger charge is -2.15. The van der Waals surface area contributed by atoms with Gasteiger partial charge in [0.1, 0.15) is 12.4 Å². The summed E-state index contributed by atoms with van der Waals surface area (Å²) in [6.07, 6.45) is -4.45. The van der Waals surface area contributed by atoms with Crippen LogP contribution in [0.5, 0.6) is 5.75 Å². The van der Waals surface area contributed by atoms with Crippen molar-refractivity contribution < 1.29 is 32.2 Å². The zero-order valence-electron chi connectivity index (χ0n) is 18.7. The molecule has 178 valence electrons. The van der Waals surface area contributed by atoms with Crippen LogP contribution in [-0.4, -0.2) is 26.0 Å². The van der Waals surface area contributed by atoms with Crippen molar-refractivity contribution in [3.63, 3.8) is 0 Å². The lowest BCUT2D eigenvalue weighted by Crippen LogP contribution is -2.27. The average molecular weight is 471 g/mol. The minimum atomic E-state index is -4.37. The summed E-state index contributed by atoms with van der Waals surface area (Å²) in [7, 11) is 2.77. The van der Waals surface area contributed by atoms with Crippen molar-refractivity contribution in [2.45, 2.75) is 25.1 Å². The Hall–Kier alpha value is -3.81. The molecule has 3 aromatic rings. The van der Waals surface area contributed by atoms with Gasteiger partial charge in [0.05, 0.1) is 25.0 Å². The van der Waals surface area contributed by atoms with E-state index in [-0.39, 0.29) is 18.9 Å². The molecule has 0 fully saturated rings. The number of amides is 1. The highest BCUT2D eigenvalue weighted by Crippen LogP contribution is 2.31. The fraction of sp³-hybridized carbons (Fsp3) is 0.231. The summed E-state index contributed by atoms with van der Waals surface area (Å²) in [4.78, 5) is 23.8. The smallest absolute Gasteiger partial charge is 0.416 e. The van der Waals surface area contributed by atoms with Crippen LogP contribution in [0.15, 0.2) is 72.8 Å². The topological polar surface area (TPSA) is 64.6 Å². The van der Waals surface area contributed by atoms with Crippen LogP contribution in [0.1, 0.15) is 29.0 Å². The third kappa shape index (κ3) is 6.37. The molecule has 1 atom stereocenters. The summed E-state index contributed by atoms with van der Waals surface area (Å²) in [6.45, 7) is 0.245. The molecule has 0 saturated heterocycles. The van der Waals surface area contributed by atoms with Gasteiger partial charge >= 0.3 is 12.1 Å². The van der Waals surface area contributed by atoms with Crippen LogP contribution in [0.3, 0.4) is 0 Å². The molecule has 34 heavy (non-hydrogen) atoms. The number of rotatable bonds is 8. The fourth-order valence-electron chi connectivity index (χ4n) is 3.44. The number of methoxy groups -OCH3 is 1. The Morgan fingerprint density at radius 3 is 2.21 bits per heavy atom. The summed E-state index contributed by atoms with van der Waals surface area (Å²) < 4.78 is 48.9. The predicted octanol–water partition coefficient (Wildman–Crippen LogP) is 5.34. The van der Waals surface area contributed by atoms with Crippen molar-refractivity contribution >= 4 is 11.9 Å². The number of esters is 1. The van der Waals surface area contributed by atoms with E-state index in [0.717, 1.165) is 23.3 Å². The Bertz CT molecular complexity index is 1130. The number of ether oxygens (including phenoxy) is 2. The van der Waals surface area contributed by atoms with Crippen LogP contribution in [0.25, 0.3) is 11.1 Å². The number of benzene rings is 3. The number of carbonyl (C=O) groups is 2. The minimum Gasteiger partial charge on any atom is -0.489 e. The summed E-state index contributed by atoms with van der Waals surface area (Å²) in [5.74, 6) is -0.884. The van der Waals surface area contributed by atoms with E-state index < -0.39 is 23.6 Å². The number of halogens is 3. The first-order valence-corrected chi connectivity index (χ1v) is 10.5. The van der Waals surface area contributed by atoms with E-state index in [1.54, 1.807) is 24.3 Å². The van der Waals surface area contributed by atoms with Crippen LogP contribution < -0.4 is 10.1 Å². The fourth-order valence-corrected chi connectivity index (χ4v) is 3.44. The van der Waals surface area contributed by atoms with Crippen LogP contribution in [0.2, 0.25) is 0 Å². The third-order valence-corrected chi connectivity index (χ3v) is 5.32. The van der Waals surface area contributed by atoms with Gasteiger partial charge in [-0.1, -0.05) is 42.5 Å². The van der Waals surface area contributed by atoms with E-state index in [1.807, 2.05) is 24.3 Å². The molecule has 0 spiro atoms. The molecule has 0 aliphatic heterocycles. The number of likely N-dealkylation sites (N-methyl/N-ethyl adjacent to an activating group) is 1. The lowest BCUT2D eigenvalue weighted by atomic mass is 9.95. The summed E-state index contributed by atoms with van der Waals surface area (Å²) in [5, 5.41) is 2.55. The summed E-state index contributed by atoms with van der Waals surface area (Å²) >= 11 is 0. The zero-order valence-corrected chi connectivity index (χ0v) is 18.7. The molecule has 0 saturated carbocycles. The van der Waals surface area contributed by atoms with Crippen molar-refractivity contribution in [3.05, 3.63) is 89.5 Å². The second kappa shape index (κ2) is 10.9. The second-order valence-corrected chi connectivity index (χ2v) is 7.58. The number of carbonyl (C=O) groups excluding carboxylic acids is 2. The largest absolute Gasteiger partial charge is 0.489 e. The van der Waals surface area contributed by atoms with Gasteiger partial charge in [0.15, 0.2) is 0 Å². The molecule has 1 amide bonds. The van der Waals surface area contributed by atoms with E-state index in [2.05, 4.69) is 10.1 Å². The van der Waals surface area contributed by atoms with Crippen molar-refractivity contribution in [1.82, 2.24) is 5.32 Å². The molecular formula is C26H24F3NO4. The maximum atomic E-state index is 12.8. The molecular weight excluding hydrogens is 447 g/mol. The average Bonchev–Trinajstić information content (AvgIpc) is 2.85. The molecule has 0 heterocycles. The van der Waals surface area contributed by atoms with E-state index in [4.69, 9.17) is 4.74 Å². The number of hydrogen-bond donors (Lipinski definition) is 1. The predicted molar refractivity (Wildman–Crippen MR) is 121 cm³/mol. The van der Waals surface area contributed by atoms with Crippen LogP contribution >= 0.6 is 0 Å². The standard InChI is InChI=1S/C26H24F3NO4/c1-30-25(32)23(15-24(31)33-2)19-8-12-22(13-9-19)34-16-17-4-3-5-20(14-17)18-6-10-21(11-7-18)26(27,28)29/h3-14,23H,15-16H2,1-2H3,(H,30,32)/t23-/m0/s1. The number of alkyl halides is 3. The highest BCUT2D eigenvalue weighted by Gasteiger charge is 2.30. The molecule has 0 bridgehead atoms. The monoisotopic (exact) mass is 471 g/mol. The highest BCUT2D eigenvalue weighted by atomic mass is 19.4. The number of hydrogen-bond acceptors (Lipinski definition) is 4. The number of nitrogens with one attached hydrogen (secondary N) is 1. The van der Waals surface area contributed by atoms with Crippen molar-refractivity contribution in [2.24, 2.45) is 0 Å². The Kier molecular flexibility index (Phi) is 7.94. The highest BCUT2D eigenvalue weighted by molar-refractivity contribution is 5.88. The normalized spacial score (nSPS) is 12.0. The maximum absolute atomic E-state index is 12.8. The van der Waals surface area contributed by atoms with Gasteiger partial charge in [-0.05, 0) is 52.6 Å². The molecule has 3 aromatic carbocycles. The van der Waals surface area contributed by atoms with E-state index in [0.29, 0.717) is 16.9 Å². The molecule has 0 aromatic heterocycles. The van der Waals surface area contributed by atoms with E-state index >= 15 is 0 Å². The molecule has 0 radical (unpaired) electrons. The molecule has 5 nitrogen and oxygen atoms in total.